The highest BCUT2D eigenvalue weighted by Crippen LogP contribution is 2.27. The van der Waals surface area contributed by atoms with E-state index in [2.05, 4.69) is 15.5 Å². The van der Waals surface area contributed by atoms with Crippen LogP contribution in [0, 0.1) is 0 Å². The van der Waals surface area contributed by atoms with Gasteiger partial charge in [-0.1, -0.05) is 17.4 Å². The molecule has 1 heterocycles. The van der Waals surface area contributed by atoms with Crippen LogP contribution in [0.3, 0.4) is 0 Å². The van der Waals surface area contributed by atoms with Crippen LogP contribution in [-0.4, -0.2) is 36.9 Å². The number of amides is 1. The van der Waals surface area contributed by atoms with Crippen LogP contribution >= 0.6 is 11.3 Å². The highest BCUT2D eigenvalue weighted by molar-refractivity contribution is 7.18. The van der Waals surface area contributed by atoms with E-state index < -0.39 is 0 Å². The average molecular weight is 371 g/mol. The molecular formula is C18H17N3O4S. The Hall–Kier alpha value is -3.13. The van der Waals surface area contributed by atoms with Gasteiger partial charge in [-0.2, -0.15) is 0 Å². The number of nitrogens with zero attached hydrogens (tertiary/aromatic N) is 2. The normalized spacial score (nSPS) is 10.2. The van der Waals surface area contributed by atoms with Crippen LogP contribution in [0.2, 0.25) is 0 Å². The van der Waals surface area contributed by atoms with Crippen molar-refractivity contribution in [2.75, 3.05) is 26.1 Å². The Kier molecular flexibility index (Phi) is 5.65. The molecule has 0 radical (unpaired) electrons. The van der Waals surface area contributed by atoms with Crippen molar-refractivity contribution in [3.63, 3.8) is 0 Å². The number of hydrogen-bond donors (Lipinski definition) is 1. The molecule has 0 saturated carbocycles. The first-order chi connectivity index (χ1) is 12.7. The number of rotatable bonds is 7. The van der Waals surface area contributed by atoms with Gasteiger partial charge in [0.05, 0.1) is 14.2 Å². The molecule has 3 aromatic rings. The summed E-state index contributed by atoms with van der Waals surface area (Å²) >= 11 is 1.28. The molecule has 0 atom stereocenters. The Bertz CT molecular complexity index is 880. The zero-order chi connectivity index (χ0) is 18.4. The van der Waals surface area contributed by atoms with Crippen LogP contribution in [0.5, 0.6) is 17.2 Å². The van der Waals surface area contributed by atoms with E-state index in [0.717, 1.165) is 11.3 Å². The van der Waals surface area contributed by atoms with Gasteiger partial charge in [-0.05, 0) is 36.4 Å². The number of carbonyl (C=O) groups is 1. The van der Waals surface area contributed by atoms with Crippen LogP contribution in [0.4, 0.5) is 5.13 Å². The standard InChI is InChI=1S/C18H17N3O4S/c1-23-13-8-6-12(7-9-13)17-20-21-18(26-17)19-16(22)11-25-15-5-3-4-14(10-15)24-2/h3-10H,11H2,1-2H3,(H,19,21,22). The molecule has 0 aliphatic rings. The molecule has 0 aliphatic heterocycles. The van der Waals surface area contributed by atoms with Crippen molar-refractivity contribution in [3.05, 3.63) is 48.5 Å². The SMILES string of the molecule is COc1ccc(-c2nnc(NC(=O)COc3cccc(OC)c3)s2)cc1. The Morgan fingerprint density at radius 1 is 1.00 bits per heavy atom. The molecule has 8 heteroatoms. The maximum absolute atomic E-state index is 12.0. The molecular weight excluding hydrogens is 354 g/mol. The summed E-state index contributed by atoms with van der Waals surface area (Å²) in [5.74, 6) is 1.67. The van der Waals surface area contributed by atoms with E-state index in [9.17, 15) is 4.79 Å². The Morgan fingerprint density at radius 2 is 1.73 bits per heavy atom. The van der Waals surface area contributed by atoms with Gasteiger partial charge in [0.15, 0.2) is 6.61 Å². The molecule has 3 rings (SSSR count). The average Bonchev–Trinajstić information content (AvgIpc) is 3.15. The molecule has 0 saturated heterocycles. The lowest BCUT2D eigenvalue weighted by Gasteiger charge is -2.07. The lowest BCUT2D eigenvalue weighted by molar-refractivity contribution is -0.118. The zero-order valence-electron chi connectivity index (χ0n) is 14.3. The summed E-state index contributed by atoms with van der Waals surface area (Å²) in [6.45, 7) is -0.134. The van der Waals surface area contributed by atoms with Crippen LogP contribution in [0.15, 0.2) is 48.5 Å². The summed E-state index contributed by atoms with van der Waals surface area (Å²) < 4.78 is 15.7. The quantitative estimate of drug-likeness (QED) is 0.687. The van der Waals surface area contributed by atoms with Crippen LogP contribution in [0.1, 0.15) is 0 Å². The number of benzene rings is 2. The second-order valence-electron chi connectivity index (χ2n) is 5.16. The van der Waals surface area contributed by atoms with E-state index in [1.807, 2.05) is 24.3 Å². The summed E-state index contributed by atoms with van der Waals surface area (Å²) in [5.41, 5.74) is 0.899. The van der Waals surface area contributed by atoms with Gasteiger partial charge < -0.3 is 14.2 Å². The third kappa shape index (κ3) is 4.48. The Labute approximate surface area is 154 Å². The van der Waals surface area contributed by atoms with Gasteiger partial charge in [0.1, 0.15) is 22.3 Å². The topological polar surface area (TPSA) is 82.6 Å². The van der Waals surface area contributed by atoms with Crippen LogP contribution in [-0.2, 0) is 4.79 Å². The monoisotopic (exact) mass is 371 g/mol. The fourth-order valence-electron chi connectivity index (χ4n) is 2.12. The lowest BCUT2D eigenvalue weighted by atomic mass is 10.2. The van der Waals surface area contributed by atoms with Gasteiger partial charge in [0.25, 0.3) is 5.91 Å². The molecule has 134 valence electrons. The van der Waals surface area contributed by atoms with Crippen molar-refractivity contribution in [2.24, 2.45) is 0 Å². The molecule has 2 aromatic carbocycles. The van der Waals surface area contributed by atoms with Gasteiger partial charge in [0, 0.05) is 11.6 Å². The fraction of sp³-hybridized carbons (Fsp3) is 0.167. The number of anilines is 1. The predicted molar refractivity (Wildman–Crippen MR) is 99.0 cm³/mol. The molecule has 0 fully saturated rings. The van der Waals surface area contributed by atoms with Crippen molar-refractivity contribution in [3.8, 4) is 27.8 Å². The lowest BCUT2D eigenvalue weighted by Crippen LogP contribution is -2.20. The highest BCUT2D eigenvalue weighted by Gasteiger charge is 2.10. The number of aromatic nitrogens is 2. The second-order valence-corrected chi connectivity index (χ2v) is 6.13. The first-order valence-electron chi connectivity index (χ1n) is 7.72. The molecule has 1 aromatic heterocycles. The minimum absolute atomic E-state index is 0.134. The molecule has 0 bridgehead atoms. The number of hydrogen-bond acceptors (Lipinski definition) is 7. The largest absolute Gasteiger partial charge is 0.497 e. The fourth-order valence-corrected chi connectivity index (χ4v) is 2.88. The maximum atomic E-state index is 12.0. The summed E-state index contributed by atoms with van der Waals surface area (Å²) in [5, 5.41) is 11.9. The minimum atomic E-state index is -0.315. The van der Waals surface area contributed by atoms with E-state index in [0.29, 0.717) is 21.6 Å². The van der Waals surface area contributed by atoms with Gasteiger partial charge in [0.2, 0.25) is 5.13 Å². The van der Waals surface area contributed by atoms with Crippen molar-refractivity contribution >= 4 is 22.4 Å². The third-order valence-electron chi connectivity index (χ3n) is 3.42. The van der Waals surface area contributed by atoms with E-state index in [1.54, 1.807) is 38.5 Å². The molecule has 7 nitrogen and oxygen atoms in total. The summed E-state index contributed by atoms with van der Waals surface area (Å²) in [6.07, 6.45) is 0. The number of methoxy groups -OCH3 is 2. The van der Waals surface area contributed by atoms with Crippen LogP contribution < -0.4 is 19.5 Å². The predicted octanol–water partition coefficient (Wildman–Crippen LogP) is 3.24. The van der Waals surface area contributed by atoms with E-state index in [1.165, 1.54) is 11.3 Å². The summed E-state index contributed by atoms with van der Waals surface area (Å²) in [6, 6.07) is 14.5. The number of nitrogens with one attached hydrogen (secondary N) is 1. The molecule has 0 spiro atoms. The molecule has 1 amide bonds. The summed E-state index contributed by atoms with van der Waals surface area (Å²) in [7, 11) is 3.18. The zero-order valence-corrected chi connectivity index (χ0v) is 15.1. The van der Waals surface area contributed by atoms with Gasteiger partial charge >= 0.3 is 0 Å². The van der Waals surface area contributed by atoms with Crippen molar-refractivity contribution in [1.29, 1.82) is 0 Å². The molecule has 0 unspecified atom stereocenters. The second kappa shape index (κ2) is 8.30. The first kappa shape index (κ1) is 17.7. The van der Waals surface area contributed by atoms with Crippen molar-refractivity contribution in [1.82, 2.24) is 10.2 Å². The van der Waals surface area contributed by atoms with Crippen LogP contribution in [0.25, 0.3) is 10.6 Å². The van der Waals surface area contributed by atoms with E-state index in [4.69, 9.17) is 14.2 Å². The Morgan fingerprint density at radius 3 is 2.46 bits per heavy atom. The van der Waals surface area contributed by atoms with Gasteiger partial charge in [-0.25, -0.2) is 0 Å². The van der Waals surface area contributed by atoms with E-state index >= 15 is 0 Å². The maximum Gasteiger partial charge on any atom is 0.264 e. The number of carbonyl (C=O) groups excluding carboxylic acids is 1. The molecule has 1 N–H and O–H groups in total. The first-order valence-corrected chi connectivity index (χ1v) is 8.54. The highest BCUT2D eigenvalue weighted by atomic mass is 32.1. The third-order valence-corrected chi connectivity index (χ3v) is 4.31. The van der Waals surface area contributed by atoms with E-state index in [-0.39, 0.29) is 12.5 Å². The number of ether oxygens (including phenoxy) is 3. The van der Waals surface area contributed by atoms with Crippen molar-refractivity contribution < 1.29 is 19.0 Å². The van der Waals surface area contributed by atoms with Gasteiger partial charge in [-0.3, -0.25) is 10.1 Å². The summed E-state index contributed by atoms with van der Waals surface area (Å²) in [4.78, 5) is 12.0. The van der Waals surface area contributed by atoms with Gasteiger partial charge in [-0.15, -0.1) is 10.2 Å². The minimum Gasteiger partial charge on any atom is -0.497 e. The smallest absolute Gasteiger partial charge is 0.264 e. The molecule has 0 aliphatic carbocycles. The van der Waals surface area contributed by atoms with Crippen molar-refractivity contribution in [2.45, 2.75) is 0 Å². The Balaban J connectivity index is 1.56. The molecule has 26 heavy (non-hydrogen) atoms.